The van der Waals surface area contributed by atoms with Crippen LogP contribution in [0.1, 0.15) is 19.8 Å². The summed E-state index contributed by atoms with van der Waals surface area (Å²) in [6.45, 7) is 5.99. The Morgan fingerprint density at radius 1 is 1.33 bits per heavy atom. The predicted molar refractivity (Wildman–Crippen MR) is 81.7 cm³/mol. The van der Waals surface area contributed by atoms with E-state index in [9.17, 15) is 4.79 Å². The van der Waals surface area contributed by atoms with Crippen LogP contribution in [0, 0.1) is 0 Å². The van der Waals surface area contributed by atoms with E-state index < -0.39 is 0 Å². The van der Waals surface area contributed by atoms with Gasteiger partial charge in [-0.15, -0.1) is 0 Å². The summed E-state index contributed by atoms with van der Waals surface area (Å²) in [6.07, 6.45) is 4.29. The number of hydrogen-bond acceptors (Lipinski definition) is 4. The second-order valence-corrected chi connectivity index (χ2v) is 5.66. The van der Waals surface area contributed by atoms with Gasteiger partial charge in [-0.2, -0.15) is 0 Å². The Balaban J connectivity index is 1.58. The van der Waals surface area contributed by atoms with Gasteiger partial charge < -0.3 is 19.9 Å². The number of morpholine rings is 1. The third kappa shape index (κ3) is 3.44. The molecular formula is C15H22N4O2. The number of nitrogens with zero attached hydrogens (tertiary/aromatic N) is 3. The van der Waals surface area contributed by atoms with Crippen molar-refractivity contribution >= 4 is 17.5 Å². The molecule has 1 unspecified atom stereocenters. The smallest absolute Gasteiger partial charge is 0.322 e. The Morgan fingerprint density at radius 2 is 2.14 bits per heavy atom. The second-order valence-electron chi connectivity index (χ2n) is 5.66. The van der Waals surface area contributed by atoms with Gasteiger partial charge in [0, 0.05) is 26.2 Å². The van der Waals surface area contributed by atoms with Crippen molar-refractivity contribution in [3.63, 3.8) is 0 Å². The molecule has 2 aliphatic heterocycles. The predicted octanol–water partition coefficient (Wildman–Crippen LogP) is 1.93. The molecule has 0 radical (unpaired) electrons. The average Bonchev–Trinajstić information content (AvgIpc) is 3.02. The highest BCUT2D eigenvalue weighted by Gasteiger charge is 2.21. The second kappa shape index (κ2) is 6.30. The zero-order valence-electron chi connectivity index (χ0n) is 12.4. The first-order valence-corrected chi connectivity index (χ1v) is 7.61. The fourth-order valence-electron chi connectivity index (χ4n) is 2.80. The third-order valence-electron chi connectivity index (χ3n) is 3.96. The molecule has 1 aromatic heterocycles. The fourth-order valence-corrected chi connectivity index (χ4v) is 2.80. The first kappa shape index (κ1) is 14.1. The molecule has 0 saturated carbocycles. The van der Waals surface area contributed by atoms with Gasteiger partial charge in [-0.25, -0.2) is 9.78 Å². The Bertz CT molecular complexity index is 485. The van der Waals surface area contributed by atoms with Gasteiger partial charge in [-0.1, -0.05) is 0 Å². The van der Waals surface area contributed by atoms with Crippen LogP contribution in [0.5, 0.6) is 0 Å². The maximum absolute atomic E-state index is 12.2. The molecule has 2 aliphatic rings. The van der Waals surface area contributed by atoms with E-state index in [2.05, 4.69) is 15.2 Å². The number of amides is 2. The molecule has 1 aromatic rings. The standard InChI is InChI=1S/C15H22N4O2/c1-12-11-19(8-9-21-12)15(20)17-13-4-5-14(16-10-13)18-6-2-3-7-18/h4-5,10,12H,2-3,6-9,11H2,1H3,(H,17,20). The van der Waals surface area contributed by atoms with Gasteiger partial charge in [-0.3, -0.25) is 0 Å². The van der Waals surface area contributed by atoms with Gasteiger partial charge in [0.15, 0.2) is 0 Å². The van der Waals surface area contributed by atoms with E-state index in [1.807, 2.05) is 19.1 Å². The van der Waals surface area contributed by atoms with E-state index in [4.69, 9.17) is 4.74 Å². The highest BCUT2D eigenvalue weighted by atomic mass is 16.5. The molecule has 21 heavy (non-hydrogen) atoms. The van der Waals surface area contributed by atoms with Gasteiger partial charge >= 0.3 is 6.03 Å². The number of nitrogens with one attached hydrogen (secondary N) is 1. The molecule has 2 amide bonds. The number of rotatable bonds is 2. The summed E-state index contributed by atoms with van der Waals surface area (Å²) in [5.41, 5.74) is 0.738. The monoisotopic (exact) mass is 290 g/mol. The van der Waals surface area contributed by atoms with Gasteiger partial charge in [0.1, 0.15) is 5.82 Å². The van der Waals surface area contributed by atoms with Crippen molar-refractivity contribution in [2.24, 2.45) is 0 Å². The number of ether oxygens (including phenoxy) is 1. The molecule has 114 valence electrons. The maximum Gasteiger partial charge on any atom is 0.322 e. The number of carbonyl (C=O) groups is 1. The Hall–Kier alpha value is -1.82. The SMILES string of the molecule is CC1CN(C(=O)Nc2ccc(N3CCCC3)nc2)CCO1. The Morgan fingerprint density at radius 3 is 2.81 bits per heavy atom. The van der Waals surface area contributed by atoms with Crippen molar-refractivity contribution in [3.8, 4) is 0 Å². The van der Waals surface area contributed by atoms with E-state index in [1.165, 1.54) is 12.8 Å². The third-order valence-corrected chi connectivity index (χ3v) is 3.96. The first-order chi connectivity index (χ1) is 10.2. The van der Waals surface area contributed by atoms with Crippen molar-refractivity contribution in [3.05, 3.63) is 18.3 Å². The van der Waals surface area contributed by atoms with Crippen LogP contribution in [0.25, 0.3) is 0 Å². The maximum atomic E-state index is 12.2. The lowest BCUT2D eigenvalue weighted by atomic mass is 10.3. The number of urea groups is 1. The molecule has 0 aliphatic carbocycles. The zero-order valence-corrected chi connectivity index (χ0v) is 12.4. The molecule has 3 heterocycles. The molecule has 1 atom stereocenters. The number of aromatic nitrogens is 1. The van der Waals surface area contributed by atoms with E-state index in [0.717, 1.165) is 24.6 Å². The highest BCUT2D eigenvalue weighted by molar-refractivity contribution is 5.89. The number of anilines is 2. The zero-order chi connectivity index (χ0) is 14.7. The lowest BCUT2D eigenvalue weighted by molar-refractivity contribution is -0.00138. The van der Waals surface area contributed by atoms with Crippen LogP contribution in [0.2, 0.25) is 0 Å². The van der Waals surface area contributed by atoms with Crippen LogP contribution in [-0.2, 0) is 4.74 Å². The molecule has 0 bridgehead atoms. The molecule has 0 spiro atoms. The minimum atomic E-state index is -0.0825. The quantitative estimate of drug-likeness (QED) is 0.904. The Kier molecular flexibility index (Phi) is 4.24. The van der Waals surface area contributed by atoms with Crippen molar-refractivity contribution < 1.29 is 9.53 Å². The molecule has 6 heteroatoms. The first-order valence-electron chi connectivity index (χ1n) is 7.61. The van der Waals surface area contributed by atoms with Crippen LogP contribution in [0.3, 0.4) is 0 Å². The van der Waals surface area contributed by atoms with Crippen LogP contribution in [-0.4, -0.2) is 54.8 Å². The lowest BCUT2D eigenvalue weighted by Gasteiger charge is -2.31. The number of carbonyl (C=O) groups excluding carboxylic acids is 1. The molecule has 1 N–H and O–H groups in total. The number of pyridine rings is 1. The molecule has 6 nitrogen and oxygen atoms in total. The average molecular weight is 290 g/mol. The molecule has 0 aromatic carbocycles. The topological polar surface area (TPSA) is 57.7 Å². The summed E-state index contributed by atoms with van der Waals surface area (Å²) < 4.78 is 5.44. The van der Waals surface area contributed by atoms with Gasteiger partial charge in [0.2, 0.25) is 0 Å². The lowest BCUT2D eigenvalue weighted by Crippen LogP contribution is -2.46. The summed E-state index contributed by atoms with van der Waals surface area (Å²) in [6, 6.07) is 3.81. The van der Waals surface area contributed by atoms with Gasteiger partial charge in [-0.05, 0) is 31.9 Å². The number of hydrogen-bond donors (Lipinski definition) is 1. The minimum Gasteiger partial charge on any atom is -0.375 e. The summed E-state index contributed by atoms with van der Waals surface area (Å²) in [5, 5.41) is 2.90. The minimum absolute atomic E-state index is 0.0825. The van der Waals surface area contributed by atoms with Crippen LogP contribution in [0.4, 0.5) is 16.3 Å². The van der Waals surface area contributed by atoms with Crippen molar-refractivity contribution in [2.75, 3.05) is 43.0 Å². The van der Waals surface area contributed by atoms with Crippen molar-refractivity contribution in [1.82, 2.24) is 9.88 Å². The molecule has 3 rings (SSSR count). The summed E-state index contributed by atoms with van der Waals surface area (Å²) in [4.78, 5) is 20.7. The van der Waals surface area contributed by atoms with E-state index in [1.54, 1.807) is 11.1 Å². The van der Waals surface area contributed by atoms with Crippen LogP contribution >= 0.6 is 0 Å². The largest absolute Gasteiger partial charge is 0.375 e. The molecular weight excluding hydrogens is 268 g/mol. The fraction of sp³-hybridized carbons (Fsp3) is 0.600. The molecule has 2 saturated heterocycles. The van der Waals surface area contributed by atoms with E-state index in [0.29, 0.717) is 19.7 Å². The summed E-state index contributed by atoms with van der Waals surface area (Å²) >= 11 is 0. The summed E-state index contributed by atoms with van der Waals surface area (Å²) in [7, 11) is 0. The summed E-state index contributed by atoms with van der Waals surface area (Å²) in [5.74, 6) is 0.991. The van der Waals surface area contributed by atoms with Gasteiger partial charge in [0.05, 0.1) is 24.6 Å². The highest BCUT2D eigenvalue weighted by Crippen LogP contribution is 2.19. The normalized spacial score (nSPS) is 22.4. The van der Waals surface area contributed by atoms with Gasteiger partial charge in [0.25, 0.3) is 0 Å². The van der Waals surface area contributed by atoms with Crippen LogP contribution in [0.15, 0.2) is 18.3 Å². The van der Waals surface area contributed by atoms with E-state index >= 15 is 0 Å². The van der Waals surface area contributed by atoms with Crippen LogP contribution < -0.4 is 10.2 Å². The molecule has 2 fully saturated rings. The van der Waals surface area contributed by atoms with E-state index in [-0.39, 0.29) is 12.1 Å². The Labute approximate surface area is 125 Å². The van der Waals surface area contributed by atoms with Crippen molar-refractivity contribution in [1.29, 1.82) is 0 Å². The van der Waals surface area contributed by atoms with Crippen molar-refractivity contribution in [2.45, 2.75) is 25.9 Å².